The van der Waals surface area contributed by atoms with Crippen LogP contribution in [-0.2, 0) is 0 Å². The predicted molar refractivity (Wildman–Crippen MR) is 67.8 cm³/mol. The van der Waals surface area contributed by atoms with E-state index in [4.69, 9.17) is 11.6 Å². The number of hydrogen-bond donors (Lipinski definition) is 0. The Morgan fingerprint density at radius 3 is 2.25 bits per heavy atom. The fourth-order valence-corrected chi connectivity index (χ4v) is 2.41. The maximum absolute atomic E-state index is 13.0. The van der Waals surface area contributed by atoms with E-state index in [1.165, 1.54) is 12.1 Å². The van der Waals surface area contributed by atoms with Gasteiger partial charge in [-0.2, -0.15) is 0 Å². The summed E-state index contributed by atoms with van der Waals surface area (Å²) in [5, 5.41) is 0.0530. The molecule has 82 valence electrons. The number of rotatable bonds is 1. The summed E-state index contributed by atoms with van der Waals surface area (Å²) in [5.41, 5.74) is 0.661. The molecule has 1 aromatic heterocycles. The molecule has 2 nitrogen and oxygen atoms in total. The Morgan fingerprint density at radius 1 is 1.06 bits per heavy atom. The van der Waals surface area contributed by atoms with Crippen LogP contribution in [0.15, 0.2) is 33.5 Å². The summed E-state index contributed by atoms with van der Waals surface area (Å²) < 4.78 is 14.3. The van der Waals surface area contributed by atoms with Gasteiger partial charge in [0.15, 0.2) is 5.82 Å². The summed E-state index contributed by atoms with van der Waals surface area (Å²) in [7, 11) is 0. The number of halogens is 4. The van der Waals surface area contributed by atoms with Gasteiger partial charge in [-0.05, 0) is 50.1 Å². The van der Waals surface area contributed by atoms with Crippen LogP contribution in [0.25, 0.3) is 11.4 Å². The zero-order valence-corrected chi connectivity index (χ0v) is 11.6. The molecule has 0 unspecified atom stereocenters. The monoisotopic (exact) mass is 364 g/mol. The smallest absolute Gasteiger partial charge is 0.161 e. The fourth-order valence-electron chi connectivity index (χ4n) is 1.15. The molecule has 0 N–H and O–H groups in total. The standard InChI is InChI=1S/C10H4Br2ClFN2/c11-8-4-9(12)16-10(15-8)5-1-2-7(14)6(13)3-5/h1-4H. The van der Waals surface area contributed by atoms with Crippen LogP contribution in [0.1, 0.15) is 0 Å². The van der Waals surface area contributed by atoms with E-state index in [-0.39, 0.29) is 5.02 Å². The molecule has 0 spiro atoms. The molecule has 2 rings (SSSR count). The van der Waals surface area contributed by atoms with Crippen molar-refractivity contribution < 1.29 is 4.39 Å². The van der Waals surface area contributed by atoms with Gasteiger partial charge in [0.05, 0.1) is 5.02 Å². The normalized spacial score (nSPS) is 10.5. The van der Waals surface area contributed by atoms with Crippen molar-refractivity contribution in [1.82, 2.24) is 9.97 Å². The van der Waals surface area contributed by atoms with Gasteiger partial charge in [-0.3, -0.25) is 0 Å². The lowest BCUT2D eigenvalue weighted by molar-refractivity contribution is 0.628. The van der Waals surface area contributed by atoms with E-state index in [9.17, 15) is 4.39 Å². The average Bonchev–Trinajstić information content (AvgIpc) is 2.20. The largest absolute Gasteiger partial charge is 0.221 e. The van der Waals surface area contributed by atoms with Crippen molar-refractivity contribution in [2.45, 2.75) is 0 Å². The van der Waals surface area contributed by atoms with Crippen LogP contribution in [-0.4, -0.2) is 9.97 Å². The van der Waals surface area contributed by atoms with E-state index in [1.807, 2.05) is 0 Å². The van der Waals surface area contributed by atoms with Crippen molar-refractivity contribution in [2.24, 2.45) is 0 Å². The minimum absolute atomic E-state index is 0.0530. The Kier molecular flexibility index (Phi) is 3.56. The maximum atomic E-state index is 13.0. The zero-order valence-electron chi connectivity index (χ0n) is 7.72. The van der Waals surface area contributed by atoms with E-state index < -0.39 is 5.82 Å². The molecular formula is C10H4Br2ClFN2. The minimum atomic E-state index is -0.459. The molecule has 16 heavy (non-hydrogen) atoms. The molecule has 0 atom stereocenters. The van der Waals surface area contributed by atoms with Crippen molar-refractivity contribution in [2.75, 3.05) is 0 Å². The Hall–Kier alpha value is -0.520. The summed E-state index contributed by atoms with van der Waals surface area (Å²) in [6.45, 7) is 0. The highest BCUT2D eigenvalue weighted by atomic mass is 79.9. The Balaban J connectivity index is 2.54. The molecular weight excluding hydrogens is 362 g/mol. The molecule has 0 amide bonds. The first-order chi connectivity index (χ1) is 7.56. The summed E-state index contributed by atoms with van der Waals surface area (Å²) in [6, 6.07) is 6.07. The third-order valence-corrected chi connectivity index (χ3v) is 2.94. The zero-order chi connectivity index (χ0) is 11.7. The van der Waals surface area contributed by atoms with Crippen molar-refractivity contribution in [3.05, 3.63) is 44.3 Å². The molecule has 0 aliphatic rings. The second kappa shape index (κ2) is 4.77. The molecule has 0 aliphatic carbocycles. The van der Waals surface area contributed by atoms with E-state index in [0.717, 1.165) is 0 Å². The van der Waals surface area contributed by atoms with Crippen LogP contribution >= 0.6 is 43.5 Å². The summed E-state index contributed by atoms with van der Waals surface area (Å²) in [5.74, 6) is 0.0163. The lowest BCUT2D eigenvalue weighted by atomic mass is 10.2. The van der Waals surface area contributed by atoms with Crippen LogP contribution < -0.4 is 0 Å². The van der Waals surface area contributed by atoms with Crippen molar-refractivity contribution in [3.63, 3.8) is 0 Å². The SMILES string of the molecule is Fc1ccc(-c2nc(Br)cc(Br)n2)cc1Cl. The van der Waals surface area contributed by atoms with E-state index in [0.29, 0.717) is 20.6 Å². The molecule has 0 fully saturated rings. The molecule has 2 aromatic rings. The van der Waals surface area contributed by atoms with Gasteiger partial charge in [-0.25, -0.2) is 14.4 Å². The van der Waals surface area contributed by atoms with Gasteiger partial charge >= 0.3 is 0 Å². The van der Waals surface area contributed by atoms with Crippen LogP contribution in [0.4, 0.5) is 4.39 Å². The maximum Gasteiger partial charge on any atom is 0.161 e. The number of aromatic nitrogens is 2. The number of hydrogen-bond acceptors (Lipinski definition) is 2. The Labute approximate surface area is 113 Å². The Bertz CT molecular complexity index is 528. The topological polar surface area (TPSA) is 25.8 Å². The van der Waals surface area contributed by atoms with E-state index in [1.54, 1.807) is 12.1 Å². The van der Waals surface area contributed by atoms with Gasteiger partial charge in [0.25, 0.3) is 0 Å². The lowest BCUT2D eigenvalue weighted by Crippen LogP contribution is -1.91. The second-order valence-corrected chi connectivity index (χ2v) is 5.00. The molecule has 0 bridgehead atoms. The van der Waals surface area contributed by atoms with Crippen LogP contribution in [0.5, 0.6) is 0 Å². The molecule has 1 heterocycles. The predicted octanol–water partition coefficient (Wildman–Crippen LogP) is 4.46. The summed E-state index contributed by atoms with van der Waals surface area (Å²) in [6.07, 6.45) is 0. The van der Waals surface area contributed by atoms with Crippen LogP contribution in [0.2, 0.25) is 5.02 Å². The minimum Gasteiger partial charge on any atom is -0.221 e. The second-order valence-electron chi connectivity index (χ2n) is 2.97. The highest BCUT2D eigenvalue weighted by Crippen LogP contribution is 2.24. The number of benzene rings is 1. The fraction of sp³-hybridized carbons (Fsp3) is 0. The number of nitrogens with zero attached hydrogens (tertiary/aromatic N) is 2. The van der Waals surface area contributed by atoms with Crippen molar-refractivity contribution in [3.8, 4) is 11.4 Å². The first kappa shape index (κ1) is 12.0. The third kappa shape index (κ3) is 2.59. The first-order valence-electron chi connectivity index (χ1n) is 4.22. The molecule has 0 radical (unpaired) electrons. The van der Waals surface area contributed by atoms with Gasteiger partial charge in [0.1, 0.15) is 15.0 Å². The van der Waals surface area contributed by atoms with Crippen LogP contribution in [0, 0.1) is 5.82 Å². The van der Waals surface area contributed by atoms with Gasteiger partial charge in [-0.15, -0.1) is 0 Å². The lowest BCUT2D eigenvalue weighted by Gasteiger charge is -2.02. The van der Waals surface area contributed by atoms with Crippen molar-refractivity contribution >= 4 is 43.5 Å². The highest BCUT2D eigenvalue weighted by molar-refractivity contribution is 9.11. The average molecular weight is 366 g/mol. The van der Waals surface area contributed by atoms with Gasteiger partial charge in [0, 0.05) is 11.6 Å². The van der Waals surface area contributed by atoms with E-state index in [2.05, 4.69) is 41.8 Å². The summed E-state index contributed by atoms with van der Waals surface area (Å²) in [4.78, 5) is 8.34. The van der Waals surface area contributed by atoms with Gasteiger partial charge < -0.3 is 0 Å². The summed E-state index contributed by atoms with van der Waals surface area (Å²) >= 11 is 12.2. The molecule has 0 saturated heterocycles. The Morgan fingerprint density at radius 2 is 1.69 bits per heavy atom. The quantitative estimate of drug-likeness (QED) is 0.697. The molecule has 1 aromatic carbocycles. The van der Waals surface area contributed by atoms with Crippen molar-refractivity contribution in [1.29, 1.82) is 0 Å². The van der Waals surface area contributed by atoms with E-state index >= 15 is 0 Å². The molecule has 0 saturated carbocycles. The van der Waals surface area contributed by atoms with Gasteiger partial charge in [-0.1, -0.05) is 11.6 Å². The van der Waals surface area contributed by atoms with Crippen LogP contribution in [0.3, 0.4) is 0 Å². The molecule has 0 aliphatic heterocycles. The van der Waals surface area contributed by atoms with Gasteiger partial charge in [0.2, 0.25) is 0 Å². The molecule has 6 heteroatoms. The first-order valence-corrected chi connectivity index (χ1v) is 6.18. The highest BCUT2D eigenvalue weighted by Gasteiger charge is 2.07. The third-order valence-electron chi connectivity index (χ3n) is 1.84.